The van der Waals surface area contributed by atoms with Crippen molar-refractivity contribution >= 4 is 0 Å². The minimum Gasteiger partial charge on any atom is -0.314 e. The van der Waals surface area contributed by atoms with Crippen molar-refractivity contribution in [2.24, 2.45) is 0 Å². The zero-order valence-electron chi connectivity index (χ0n) is 12.6. The number of nitrogens with one attached hydrogen (secondary N) is 1. The van der Waals surface area contributed by atoms with Gasteiger partial charge in [-0.05, 0) is 32.0 Å². The molecular formula is C17H27N3. The average Bonchev–Trinajstić information content (AvgIpc) is 2.50. The second-order valence-electron chi connectivity index (χ2n) is 6.27. The lowest BCUT2D eigenvalue weighted by Gasteiger charge is -2.46. The van der Waals surface area contributed by atoms with E-state index < -0.39 is 0 Å². The third-order valence-corrected chi connectivity index (χ3v) is 4.90. The van der Waals surface area contributed by atoms with Crippen molar-refractivity contribution in [3.05, 3.63) is 35.9 Å². The maximum Gasteiger partial charge on any atom is 0.0373 e. The monoisotopic (exact) mass is 273 g/mol. The van der Waals surface area contributed by atoms with Crippen LogP contribution in [0.3, 0.4) is 0 Å². The molecule has 110 valence electrons. The topological polar surface area (TPSA) is 18.5 Å². The molecule has 2 saturated heterocycles. The van der Waals surface area contributed by atoms with E-state index in [9.17, 15) is 0 Å². The molecule has 2 fully saturated rings. The molecule has 20 heavy (non-hydrogen) atoms. The number of rotatable bonds is 3. The molecule has 2 aliphatic rings. The van der Waals surface area contributed by atoms with Gasteiger partial charge in [0.25, 0.3) is 0 Å². The van der Waals surface area contributed by atoms with Crippen molar-refractivity contribution in [2.45, 2.75) is 37.9 Å². The number of likely N-dealkylation sites (N-methyl/N-ethyl adjacent to an activating group) is 1. The van der Waals surface area contributed by atoms with Crippen molar-refractivity contribution in [1.29, 1.82) is 0 Å². The Morgan fingerprint density at radius 3 is 2.75 bits per heavy atom. The van der Waals surface area contributed by atoms with Gasteiger partial charge in [0.15, 0.2) is 0 Å². The Balaban J connectivity index is 1.70. The molecule has 2 aliphatic heterocycles. The van der Waals surface area contributed by atoms with E-state index >= 15 is 0 Å². The Morgan fingerprint density at radius 1 is 1.10 bits per heavy atom. The number of benzene rings is 1. The first-order valence-electron chi connectivity index (χ1n) is 8.03. The van der Waals surface area contributed by atoms with Crippen LogP contribution in [-0.4, -0.2) is 55.1 Å². The van der Waals surface area contributed by atoms with Gasteiger partial charge in [-0.1, -0.05) is 36.8 Å². The number of piperazine rings is 1. The standard InChI is InChI=1S/C17H27N3/c1-19-12-10-18-13-17(19)16-9-5-6-11-20(16)14-15-7-3-2-4-8-15/h2-4,7-8,16-18H,5-6,9-14H2,1H3. The summed E-state index contributed by atoms with van der Waals surface area (Å²) < 4.78 is 0. The molecule has 0 spiro atoms. The van der Waals surface area contributed by atoms with Gasteiger partial charge in [0, 0.05) is 38.3 Å². The van der Waals surface area contributed by atoms with Gasteiger partial charge < -0.3 is 5.32 Å². The molecule has 3 rings (SSSR count). The molecule has 2 unspecified atom stereocenters. The molecule has 0 aromatic heterocycles. The minimum absolute atomic E-state index is 0.674. The van der Waals surface area contributed by atoms with Gasteiger partial charge in [-0.15, -0.1) is 0 Å². The fourth-order valence-electron chi connectivity index (χ4n) is 3.72. The Labute approximate surface area is 123 Å². The van der Waals surface area contributed by atoms with Gasteiger partial charge in [-0.2, -0.15) is 0 Å². The maximum absolute atomic E-state index is 3.58. The van der Waals surface area contributed by atoms with E-state index in [1.165, 1.54) is 37.9 Å². The third kappa shape index (κ3) is 3.22. The highest BCUT2D eigenvalue weighted by Crippen LogP contribution is 2.24. The van der Waals surface area contributed by atoms with Crippen LogP contribution in [0.1, 0.15) is 24.8 Å². The van der Waals surface area contributed by atoms with E-state index in [1.54, 1.807) is 0 Å². The SMILES string of the molecule is CN1CCNCC1C1CCCCN1Cc1ccccc1. The number of hydrogen-bond donors (Lipinski definition) is 1. The summed E-state index contributed by atoms with van der Waals surface area (Å²) in [5.74, 6) is 0. The molecule has 2 heterocycles. The molecule has 0 saturated carbocycles. The summed E-state index contributed by atoms with van der Waals surface area (Å²) in [7, 11) is 2.29. The van der Waals surface area contributed by atoms with E-state index in [-0.39, 0.29) is 0 Å². The largest absolute Gasteiger partial charge is 0.314 e. The van der Waals surface area contributed by atoms with Crippen molar-refractivity contribution in [3.63, 3.8) is 0 Å². The van der Waals surface area contributed by atoms with E-state index in [2.05, 4.69) is 52.5 Å². The lowest BCUT2D eigenvalue weighted by molar-refractivity contribution is 0.0468. The second-order valence-corrected chi connectivity index (χ2v) is 6.27. The van der Waals surface area contributed by atoms with Crippen LogP contribution < -0.4 is 5.32 Å². The van der Waals surface area contributed by atoms with Crippen LogP contribution >= 0.6 is 0 Å². The Bertz CT molecular complexity index is 406. The Hall–Kier alpha value is -0.900. The molecule has 1 aromatic carbocycles. The summed E-state index contributed by atoms with van der Waals surface area (Å²) in [5.41, 5.74) is 1.45. The van der Waals surface area contributed by atoms with Gasteiger partial charge in [0.1, 0.15) is 0 Å². The summed E-state index contributed by atoms with van der Waals surface area (Å²) >= 11 is 0. The normalized spacial score (nSPS) is 29.4. The van der Waals surface area contributed by atoms with Crippen LogP contribution in [0.25, 0.3) is 0 Å². The number of hydrogen-bond acceptors (Lipinski definition) is 3. The van der Waals surface area contributed by atoms with Crippen molar-refractivity contribution in [2.75, 3.05) is 33.2 Å². The number of piperidine rings is 1. The zero-order valence-corrected chi connectivity index (χ0v) is 12.6. The molecule has 0 bridgehead atoms. The Morgan fingerprint density at radius 2 is 1.95 bits per heavy atom. The summed E-state index contributed by atoms with van der Waals surface area (Å²) in [6, 6.07) is 12.3. The quantitative estimate of drug-likeness (QED) is 0.908. The summed E-state index contributed by atoms with van der Waals surface area (Å²) in [6.07, 6.45) is 4.09. The molecule has 1 N–H and O–H groups in total. The van der Waals surface area contributed by atoms with Crippen molar-refractivity contribution < 1.29 is 0 Å². The van der Waals surface area contributed by atoms with E-state index in [0.29, 0.717) is 12.1 Å². The first kappa shape index (κ1) is 14.1. The molecule has 1 aromatic rings. The predicted molar refractivity (Wildman–Crippen MR) is 83.8 cm³/mol. The highest BCUT2D eigenvalue weighted by molar-refractivity contribution is 5.15. The van der Waals surface area contributed by atoms with Gasteiger partial charge >= 0.3 is 0 Å². The smallest absolute Gasteiger partial charge is 0.0373 e. The average molecular weight is 273 g/mol. The third-order valence-electron chi connectivity index (χ3n) is 4.90. The molecular weight excluding hydrogens is 246 g/mol. The number of likely N-dealkylation sites (tertiary alicyclic amines) is 1. The lowest BCUT2D eigenvalue weighted by atomic mass is 9.93. The van der Waals surface area contributed by atoms with E-state index in [0.717, 1.165) is 19.6 Å². The first-order valence-corrected chi connectivity index (χ1v) is 8.03. The van der Waals surface area contributed by atoms with Crippen LogP contribution in [0.5, 0.6) is 0 Å². The van der Waals surface area contributed by atoms with Crippen LogP contribution in [0.4, 0.5) is 0 Å². The van der Waals surface area contributed by atoms with Crippen molar-refractivity contribution in [1.82, 2.24) is 15.1 Å². The molecule has 0 radical (unpaired) electrons. The minimum atomic E-state index is 0.674. The van der Waals surface area contributed by atoms with Gasteiger partial charge in [-0.25, -0.2) is 0 Å². The van der Waals surface area contributed by atoms with Gasteiger partial charge in [0.05, 0.1) is 0 Å². The van der Waals surface area contributed by atoms with Crippen molar-refractivity contribution in [3.8, 4) is 0 Å². The van der Waals surface area contributed by atoms with Crippen LogP contribution in [0.15, 0.2) is 30.3 Å². The highest BCUT2D eigenvalue weighted by Gasteiger charge is 2.33. The van der Waals surface area contributed by atoms with E-state index in [1.807, 2.05) is 0 Å². The molecule has 3 heteroatoms. The highest BCUT2D eigenvalue weighted by atomic mass is 15.3. The fourth-order valence-corrected chi connectivity index (χ4v) is 3.72. The zero-order chi connectivity index (χ0) is 13.8. The maximum atomic E-state index is 3.58. The first-order chi connectivity index (χ1) is 9.84. The number of nitrogens with zero attached hydrogens (tertiary/aromatic N) is 2. The van der Waals surface area contributed by atoms with Crippen LogP contribution in [-0.2, 0) is 6.54 Å². The van der Waals surface area contributed by atoms with E-state index in [4.69, 9.17) is 0 Å². The lowest BCUT2D eigenvalue weighted by Crippen LogP contribution is -2.60. The van der Waals surface area contributed by atoms with Crippen LogP contribution in [0.2, 0.25) is 0 Å². The molecule has 0 amide bonds. The molecule has 0 aliphatic carbocycles. The summed E-state index contributed by atoms with van der Waals surface area (Å²) in [6.45, 7) is 5.82. The predicted octanol–water partition coefficient (Wildman–Crippen LogP) is 1.94. The summed E-state index contributed by atoms with van der Waals surface area (Å²) in [4.78, 5) is 5.28. The molecule has 3 nitrogen and oxygen atoms in total. The van der Waals surface area contributed by atoms with Crippen LogP contribution in [0, 0.1) is 0 Å². The van der Waals surface area contributed by atoms with Gasteiger partial charge in [0.2, 0.25) is 0 Å². The summed E-state index contributed by atoms with van der Waals surface area (Å²) in [5, 5.41) is 3.58. The second kappa shape index (κ2) is 6.70. The fraction of sp³-hybridized carbons (Fsp3) is 0.647. The molecule has 2 atom stereocenters. The Kier molecular flexibility index (Phi) is 4.71. The van der Waals surface area contributed by atoms with Gasteiger partial charge in [-0.3, -0.25) is 9.80 Å².